The van der Waals surface area contributed by atoms with Crippen molar-refractivity contribution in [3.05, 3.63) is 35.4 Å². The van der Waals surface area contributed by atoms with Gasteiger partial charge in [0, 0.05) is 12.6 Å². The van der Waals surface area contributed by atoms with Crippen LogP contribution in [0.1, 0.15) is 36.7 Å². The minimum absolute atomic E-state index is 0.341. The topological polar surface area (TPSA) is 40.5 Å². The van der Waals surface area contributed by atoms with E-state index in [0.717, 1.165) is 12.1 Å². The van der Waals surface area contributed by atoms with Gasteiger partial charge in [0.05, 0.1) is 5.56 Å². The highest BCUT2D eigenvalue weighted by molar-refractivity contribution is 5.87. The van der Waals surface area contributed by atoms with Gasteiger partial charge < -0.3 is 5.11 Å². The lowest BCUT2D eigenvalue weighted by Gasteiger charge is -2.27. The van der Waals surface area contributed by atoms with Crippen molar-refractivity contribution >= 4 is 5.97 Å². The summed E-state index contributed by atoms with van der Waals surface area (Å²) in [5.41, 5.74) is 1.48. The lowest BCUT2D eigenvalue weighted by atomic mass is 10.0. The van der Waals surface area contributed by atoms with Gasteiger partial charge in [-0.25, -0.2) is 4.79 Å². The van der Waals surface area contributed by atoms with Crippen LogP contribution >= 0.6 is 0 Å². The molecular weight excluding hydrogens is 214 g/mol. The van der Waals surface area contributed by atoms with Gasteiger partial charge in [-0.1, -0.05) is 26.0 Å². The van der Waals surface area contributed by atoms with Crippen LogP contribution in [0.25, 0.3) is 0 Å². The Hall–Kier alpha value is -1.35. The molecule has 0 aliphatic carbocycles. The van der Waals surface area contributed by atoms with Crippen molar-refractivity contribution in [1.82, 2.24) is 4.90 Å². The standard InChI is InChI=1S/C14H21NO2/c1-10(2)11(3)15(4)9-12-5-7-13(8-6-12)14(16)17/h5-8,10-11H,9H2,1-4H3,(H,16,17). The Morgan fingerprint density at radius 3 is 2.18 bits per heavy atom. The highest BCUT2D eigenvalue weighted by atomic mass is 16.4. The number of carboxylic acids is 1. The summed E-state index contributed by atoms with van der Waals surface area (Å²) in [7, 11) is 2.09. The molecule has 0 aromatic heterocycles. The molecule has 0 aliphatic heterocycles. The van der Waals surface area contributed by atoms with Crippen LogP contribution in [0.4, 0.5) is 0 Å². The number of carbonyl (C=O) groups is 1. The van der Waals surface area contributed by atoms with Gasteiger partial charge in [-0.05, 0) is 37.6 Å². The van der Waals surface area contributed by atoms with E-state index < -0.39 is 5.97 Å². The molecule has 1 aromatic rings. The Kier molecular flexibility index (Phi) is 4.70. The van der Waals surface area contributed by atoms with Crippen molar-refractivity contribution in [1.29, 1.82) is 0 Å². The fourth-order valence-corrected chi connectivity index (χ4v) is 1.69. The summed E-state index contributed by atoms with van der Waals surface area (Å²) < 4.78 is 0. The molecule has 1 N–H and O–H groups in total. The Morgan fingerprint density at radius 1 is 1.24 bits per heavy atom. The fourth-order valence-electron chi connectivity index (χ4n) is 1.69. The van der Waals surface area contributed by atoms with Gasteiger partial charge in [0.25, 0.3) is 0 Å². The normalized spacial score (nSPS) is 13.1. The third kappa shape index (κ3) is 3.86. The Balaban J connectivity index is 2.66. The molecule has 1 unspecified atom stereocenters. The number of aromatic carboxylic acids is 1. The number of nitrogens with zero attached hydrogens (tertiary/aromatic N) is 1. The van der Waals surface area contributed by atoms with Crippen molar-refractivity contribution < 1.29 is 9.90 Å². The first kappa shape index (κ1) is 13.7. The molecule has 0 bridgehead atoms. The second-order valence-electron chi connectivity index (χ2n) is 4.90. The minimum atomic E-state index is -0.875. The first-order valence-corrected chi connectivity index (χ1v) is 5.94. The van der Waals surface area contributed by atoms with Gasteiger partial charge in [-0.3, -0.25) is 4.90 Å². The van der Waals surface area contributed by atoms with Gasteiger partial charge in [-0.2, -0.15) is 0 Å². The zero-order valence-electron chi connectivity index (χ0n) is 11.0. The first-order valence-electron chi connectivity index (χ1n) is 5.94. The van der Waals surface area contributed by atoms with Crippen LogP contribution in [0.2, 0.25) is 0 Å². The number of carboxylic acid groups (broad SMARTS) is 1. The largest absolute Gasteiger partial charge is 0.478 e. The predicted molar refractivity (Wildman–Crippen MR) is 69.2 cm³/mol. The van der Waals surface area contributed by atoms with Crippen LogP contribution in [0.15, 0.2) is 24.3 Å². The van der Waals surface area contributed by atoms with E-state index in [4.69, 9.17) is 5.11 Å². The average molecular weight is 235 g/mol. The molecule has 1 atom stereocenters. The van der Waals surface area contributed by atoms with Crippen molar-refractivity contribution in [3.8, 4) is 0 Å². The molecule has 0 spiro atoms. The molecule has 0 radical (unpaired) electrons. The summed E-state index contributed by atoms with van der Waals surface area (Å²) >= 11 is 0. The highest BCUT2D eigenvalue weighted by Gasteiger charge is 2.13. The maximum absolute atomic E-state index is 10.7. The lowest BCUT2D eigenvalue weighted by Crippen LogP contribution is -2.32. The van der Waals surface area contributed by atoms with Crippen LogP contribution in [-0.4, -0.2) is 29.1 Å². The van der Waals surface area contributed by atoms with E-state index in [2.05, 4.69) is 32.7 Å². The lowest BCUT2D eigenvalue weighted by molar-refractivity contribution is 0.0697. The summed E-state index contributed by atoms with van der Waals surface area (Å²) in [4.78, 5) is 13.0. The van der Waals surface area contributed by atoms with Crippen LogP contribution < -0.4 is 0 Å². The van der Waals surface area contributed by atoms with E-state index in [1.54, 1.807) is 12.1 Å². The van der Waals surface area contributed by atoms with E-state index in [9.17, 15) is 4.79 Å². The Labute approximate surface area is 103 Å². The van der Waals surface area contributed by atoms with Crippen molar-refractivity contribution in [3.63, 3.8) is 0 Å². The molecule has 3 heteroatoms. The van der Waals surface area contributed by atoms with Crippen molar-refractivity contribution in [2.45, 2.75) is 33.4 Å². The van der Waals surface area contributed by atoms with Crippen LogP contribution in [-0.2, 0) is 6.54 Å². The highest BCUT2D eigenvalue weighted by Crippen LogP contribution is 2.13. The quantitative estimate of drug-likeness (QED) is 0.853. The van der Waals surface area contributed by atoms with Crippen molar-refractivity contribution in [2.24, 2.45) is 5.92 Å². The summed E-state index contributed by atoms with van der Waals surface area (Å²) in [6, 6.07) is 7.59. The molecular formula is C14H21NO2. The predicted octanol–water partition coefficient (Wildman–Crippen LogP) is 2.86. The molecule has 0 aliphatic rings. The fraction of sp³-hybridized carbons (Fsp3) is 0.500. The molecule has 0 saturated carbocycles. The molecule has 0 amide bonds. The third-order valence-corrected chi connectivity index (χ3v) is 3.29. The SMILES string of the molecule is CC(C)C(C)N(C)Cc1ccc(C(=O)O)cc1. The van der Waals surface area contributed by atoms with Gasteiger partial charge >= 0.3 is 5.97 Å². The van der Waals surface area contributed by atoms with Crippen LogP contribution in [0.3, 0.4) is 0 Å². The van der Waals surface area contributed by atoms with E-state index in [0.29, 0.717) is 17.5 Å². The molecule has 0 fully saturated rings. The summed E-state index contributed by atoms with van der Waals surface area (Å²) in [6.07, 6.45) is 0. The van der Waals surface area contributed by atoms with Crippen LogP contribution in [0.5, 0.6) is 0 Å². The monoisotopic (exact) mass is 235 g/mol. The van der Waals surface area contributed by atoms with E-state index in [1.807, 2.05) is 12.1 Å². The Bertz CT molecular complexity index is 370. The maximum Gasteiger partial charge on any atom is 0.335 e. The zero-order valence-corrected chi connectivity index (χ0v) is 11.0. The minimum Gasteiger partial charge on any atom is -0.478 e. The zero-order chi connectivity index (χ0) is 13.0. The smallest absolute Gasteiger partial charge is 0.335 e. The third-order valence-electron chi connectivity index (χ3n) is 3.29. The molecule has 0 heterocycles. The average Bonchev–Trinajstić information content (AvgIpc) is 2.28. The van der Waals surface area contributed by atoms with Crippen LogP contribution in [0, 0.1) is 5.92 Å². The number of benzene rings is 1. The van der Waals surface area contributed by atoms with E-state index in [-0.39, 0.29) is 0 Å². The van der Waals surface area contributed by atoms with Gasteiger partial charge in [-0.15, -0.1) is 0 Å². The van der Waals surface area contributed by atoms with E-state index in [1.165, 1.54) is 0 Å². The molecule has 1 aromatic carbocycles. The van der Waals surface area contributed by atoms with Crippen molar-refractivity contribution in [2.75, 3.05) is 7.05 Å². The maximum atomic E-state index is 10.7. The molecule has 94 valence electrons. The molecule has 1 rings (SSSR count). The Morgan fingerprint density at radius 2 is 1.76 bits per heavy atom. The first-order chi connectivity index (χ1) is 7.91. The van der Waals surface area contributed by atoms with E-state index >= 15 is 0 Å². The summed E-state index contributed by atoms with van der Waals surface area (Å²) in [6.45, 7) is 7.46. The van der Waals surface area contributed by atoms with Gasteiger partial charge in [0.1, 0.15) is 0 Å². The van der Waals surface area contributed by atoms with Gasteiger partial charge in [0.2, 0.25) is 0 Å². The molecule has 0 saturated heterocycles. The molecule has 3 nitrogen and oxygen atoms in total. The summed E-state index contributed by atoms with van der Waals surface area (Å²) in [5, 5.41) is 8.81. The second kappa shape index (κ2) is 5.82. The number of hydrogen-bond acceptors (Lipinski definition) is 2. The number of rotatable bonds is 5. The summed E-state index contributed by atoms with van der Waals surface area (Å²) in [5.74, 6) is -0.265. The molecule has 17 heavy (non-hydrogen) atoms. The second-order valence-corrected chi connectivity index (χ2v) is 4.90. The van der Waals surface area contributed by atoms with Gasteiger partial charge in [0.15, 0.2) is 0 Å². The number of hydrogen-bond donors (Lipinski definition) is 1.